The smallest absolute Gasteiger partial charge is 0.0900 e. The zero-order valence-corrected chi connectivity index (χ0v) is 13.0. The number of benzene rings is 1. The Balaban J connectivity index is 1.68. The van der Waals surface area contributed by atoms with E-state index in [1.165, 1.54) is 12.8 Å². The molecule has 1 fully saturated rings. The van der Waals surface area contributed by atoms with E-state index in [0.717, 1.165) is 25.2 Å². The van der Waals surface area contributed by atoms with Crippen molar-refractivity contribution in [3.05, 3.63) is 35.9 Å². The van der Waals surface area contributed by atoms with Crippen LogP contribution in [-0.2, 0) is 11.3 Å². The molecule has 2 N–H and O–H groups in total. The summed E-state index contributed by atoms with van der Waals surface area (Å²) in [4.78, 5) is 2.39. The molecule has 0 aliphatic carbocycles. The first-order valence-corrected chi connectivity index (χ1v) is 8.04. The molecule has 118 valence electrons. The van der Waals surface area contributed by atoms with Crippen LogP contribution in [0.15, 0.2) is 30.3 Å². The number of rotatable bonds is 8. The molecule has 0 saturated carbocycles. The Labute approximate surface area is 128 Å². The molecule has 1 heterocycles. The van der Waals surface area contributed by atoms with Crippen molar-refractivity contribution in [1.82, 2.24) is 10.2 Å². The number of hydrogen-bond acceptors (Lipinski definition) is 4. The Kier molecular flexibility index (Phi) is 7.16. The van der Waals surface area contributed by atoms with E-state index in [1.54, 1.807) is 0 Å². The molecule has 4 nitrogen and oxygen atoms in total. The molecule has 1 atom stereocenters. The van der Waals surface area contributed by atoms with Crippen molar-refractivity contribution in [3.8, 4) is 0 Å². The summed E-state index contributed by atoms with van der Waals surface area (Å²) in [7, 11) is 0. The number of nitrogens with zero attached hydrogens (tertiary/aromatic N) is 1. The van der Waals surface area contributed by atoms with Crippen molar-refractivity contribution in [3.63, 3.8) is 0 Å². The van der Waals surface area contributed by atoms with Gasteiger partial charge in [0, 0.05) is 12.6 Å². The molecule has 21 heavy (non-hydrogen) atoms. The van der Waals surface area contributed by atoms with Crippen molar-refractivity contribution in [2.75, 3.05) is 32.8 Å². The summed E-state index contributed by atoms with van der Waals surface area (Å²) in [5.41, 5.74) is 1.15. The number of nitrogens with one attached hydrogen (secondary N) is 1. The van der Waals surface area contributed by atoms with Gasteiger partial charge in [0.25, 0.3) is 0 Å². The topological polar surface area (TPSA) is 44.7 Å². The number of aliphatic hydroxyl groups is 1. The first-order valence-electron chi connectivity index (χ1n) is 8.04. The zero-order valence-electron chi connectivity index (χ0n) is 13.0. The van der Waals surface area contributed by atoms with Crippen molar-refractivity contribution >= 4 is 0 Å². The summed E-state index contributed by atoms with van der Waals surface area (Å²) < 4.78 is 5.63. The van der Waals surface area contributed by atoms with Gasteiger partial charge in [-0.3, -0.25) is 4.90 Å². The fraction of sp³-hybridized carbons (Fsp3) is 0.647. The minimum absolute atomic E-state index is 0.399. The van der Waals surface area contributed by atoms with Crippen LogP contribution in [0.4, 0.5) is 0 Å². The van der Waals surface area contributed by atoms with Crippen molar-refractivity contribution in [2.45, 2.75) is 38.5 Å². The van der Waals surface area contributed by atoms with Crippen molar-refractivity contribution < 1.29 is 9.84 Å². The standard InChI is InChI=1S/C17H28N2O2/c1-2-19(16-8-10-18-11-9-16)12-17(20)14-21-13-15-6-4-3-5-7-15/h3-7,16-18,20H,2,8-14H2,1H3. The molecule has 0 radical (unpaired) electrons. The second kappa shape index (κ2) is 9.15. The van der Waals surface area contributed by atoms with Gasteiger partial charge in [-0.2, -0.15) is 0 Å². The largest absolute Gasteiger partial charge is 0.389 e. The van der Waals surface area contributed by atoms with Crippen LogP contribution in [0, 0.1) is 0 Å². The van der Waals surface area contributed by atoms with E-state index < -0.39 is 6.10 Å². The van der Waals surface area contributed by atoms with E-state index in [0.29, 0.717) is 25.8 Å². The van der Waals surface area contributed by atoms with E-state index in [2.05, 4.69) is 17.1 Å². The van der Waals surface area contributed by atoms with Crippen LogP contribution in [0.3, 0.4) is 0 Å². The summed E-state index contributed by atoms with van der Waals surface area (Å²) in [6, 6.07) is 10.7. The van der Waals surface area contributed by atoms with E-state index in [4.69, 9.17) is 4.74 Å². The second-order valence-electron chi connectivity index (χ2n) is 5.72. The summed E-state index contributed by atoms with van der Waals surface area (Å²) in [5.74, 6) is 0. The predicted octanol–water partition coefficient (Wildman–Crippen LogP) is 1.64. The predicted molar refractivity (Wildman–Crippen MR) is 85.2 cm³/mol. The van der Waals surface area contributed by atoms with Gasteiger partial charge < -0.3 is 15.2 Å². The van der Waals surface area contributed by atoms with Crippen LogP contribution in [0.5, 0.6) is 0 Å². The lowest BCUT2D eigenvalue weighted by Crippen LogP contribution is -2.46. The van der Waals surface area contributed by atoms with Gasteiger partial charge in [0.2, 0.25) is 0 Å². The molecule has 0 bridgehead atoms. The van der Waals surface area contributed by atoms with Gasteiger partial charge in [-0.05, 0) is 38.0 Å². The molecular formula is C17H28N2O2. The Morgan fingerprint density at radius 3 is 2.67 bits per heavy atom. The van der Waals surface area contributed by atoms with Crippen LogP contribution in [0.2, 0.25) is 0 Å². The molecule has 1 aromatic carbocycles. The Hall–Kier alpha value is -0.940. The van der Waals surface area contributed by atoms with Gasteiger partial charge in [-0.1, -0.05) is 37.3 Å². The monoisotopic (exact) mass is 292 g/mol. The Morgan fingerprint density at radius 2 is 2.00 bits per heavy atom. The molecule has 1 unspecified atom stereocenters. The number of aliphatic hydroxyl groups excluding tert-OH is 1. The van der Waals surface area contributed by atoms with Crippen LogP contribution in [0.25, 0.3) is 0 Å². The molecule has 4 heteroatoms. The number of likely N-dealkylation sites (N-methyl/N-ethyl adjacent to an activating group) is 1. The molecule has 1 aliphatic rings. The van der Waals surface area contributed by atoms with Crippen LogP contribution in [-0.4, -0.2) is 54.9 Å². The number of piperidine rings is 1. The van der Waals surface area contributed by atoms with Gasteiger partial charge in [-0.15, -0.1) is 0 Å². The van der Waals surface area contributed by atoms with Gasteiger partial charge in [-0.25, -0.2) is 0 Å². The minimum Gasteiger partial charge on any atom is -0.389 e. The maximum absolute atomic E-state index is 10.2. The lowest BCUT2D eigenvalue weighted by atomic mass is 10.0. The third kappa shape index (κ3) is 5.75. The van der Waals surface area contributed by atoms with Crippen LogP contribution >= 0.6 is 0 Å². The highest BCUT2D eigenvalue weighted by molar-refractivity contribution is 5.13. The average Bonchev–Trinajstić information content (AvgIpc) is 2.54. The highest BCUT2D eigenvalue weighted by Gasteiger charge is 2.21. The highest BCUT2D eigenvalue weighted by atomic mass is 16.5. The number of hydrogen-bond donors (Lipinski definition) is 2. The van der Waals surface area contributed by atoms with Gasteiger partial charge in [0.05, 0.1) is 19.3 Å². The maximum Gasteiger partial charge on any atom is 0.0900 e. The van der Waals surface area contributed by atoms with Crippen molar-refractivity contribution in [2.24, 2.45) is 0 Å². The summed E-state index contributed by atoms with van der Waals surface area (Å²) in [6.07, 6.45) is 1.93. The fourth-order valence-corrected chi connectivity index (χ4v) is 2.92. The highest BCUT2D eigenvalue weighted by Crippen LogP contribution is 2.12. The van der Waals surface area contributed by atoms with E-state index in [1.807, 2.05) is 30.3 Å². The normalized spacial score (nSPS) is 18.0. The van der Waals surface area contributed by atoms with Crippen LogP contribution < -0.4 is 5.32 Å². The van der Waals surface area contributed by atoms with Gasteiger partial charge in [0.15, 0.2) is 0 Å². The first-order chi connectivity index (χ1) is 10.3. The molecule has 1 aromatic rings. The second-order valence-corrected chi connectivity index (χ2v) is 5.72. The minimum atomic E-state index is -0.413. The van der Waals surface area contributed by atoms with E-state index >= 15 is 0 Å². The Morgan fingerprint density at radius 1 is 1.29 bits per heavy atom. The van der Waals surface area contributed by atoms with Crippen molar-refractivity contribution in [1.29, 1.82) is 0 Å². The van der Waals surface area contributed by atoms with E-state index in [9.17, 15) is 5.11 Å². The summed E-state index contributed by atoms with van der Waals surface area (Å²) in [5, 5.41) is 13.6. The quantitative estimate of drug-likeness (QED) is 0.764. The lowest BCUT2D eigenvalue weighted by molar-refractivity contribution is 0.000692. The third-order valence-corrected chi connectivity index (χ3v) is 4.10. The molecular weight excluding hydrogens is 264 g/mol. The lowest BCUT2D eigenvalue weighted by Gasteiger charge is -2.35. The molecule has 2 rings (SSSR count). The first kappa shape index (κ1) is 16.4. The SMILES string of the molecule is CCN(CC(O)COCc1ccccc1)C1CCNCC1. The molecule has 1 aliphatic heterocycles. The molecule has 1 saturated heterocycles. The maximum atomic E-state index is 10.2. The van der Waals surface area contributed by atoms with Gasteiger partial charge in [0.1, 0.15) is 0 Å². The van der Waals surface area contributed by atoms with Gasteiger partial charge >= 0.3 is 0 Å². The summed E-state index contributed by atoms with van der Waals surface area (Å²) in [6.45, 7) is 6.99. The molecule has 0 spiro atoms. The molecule has 0 aromatic heterocycles. The zero-order chi connectivity index (χ0) is 14.9. The number of ether oxygens (including phenoxy) is 1. The van der Waals surface area contributed by atoms with Crippen LogP contribution in [0.1, 0.15) is 25.3 Å². The third-order valence-electron chi connectivity index (χ3n) is 4.10. The molecule has 0 amide bonds. The average molecular weight is 292 g/mol. The fourth-order valence-electron chi connectivity index (χ4n) is 2.92. The Bertz CT molecular complexity index is 380. The summed E-state index contributed by atoms with van der Waals surface area (Å²) >= 11 is 0. The van der Waals surface area contributed by atoms with E-state index in [-0.39, 0.29) is 0 Å².